The summed E-state index contributed by atoms with van der Waals surface area (Å²) >= 11 is 5.62. The second kappa shape index (κ2) is 6.10. The highest BCUT2D eigenvalue weighted by Gasteiger charge is 2.19. The number of aryl methyl sites for hydroxylation is 2. The number of ether oxygens (including phenoxy) is 1. The van der Waals surface area contributed by atoms with Crippen molar-refractivity contribution >= 4 is 23.2 Å². The van der Waals surface area contributed by atoms with Crippen LogP contribution < -0.4 is 9.64 Å². The van der Waals surface area contributed by atoms with E-state index in [1.807, 2.05) is 20.8 Å². The largest absolute Gasteiger partial charge is 0.494 e. The van der Waals surface area contributed by atoms with E-state index >= 15 is 0 Å². The fraction of sp³-hybridized carbons (Fsp3) is 0.500. The molecule has 1 rings (SSSR count). The number of carbonyl (C=O) groups is 1. The van der Waals surface area contributed by atoms with Crippen LogP contribution in [-0.4, -0.2) is 25.9 Å². The topological polar surface area (TPSA) is 29.5 Å². The zero-order chi connectivity index (χ0) is 13.9. The second-order valence-electron chi connectivity index (χ2n) is 4.41. The number of benzene rings is 1. The third kappa shape index (κ3) is 2.78. The number of rotatable bonds is 4. The Balaban J connectivity index is 3.31. The lowest BCUT2D eigenvalue weighted by atomic mass is 10.0. The Kier molecular flexibility index (Phi) is 5.03. The molecule has 0 N–H and O–H groups in total. The minimum atomic E-state index is -0.00495. The molecule has 0 aliphatic heterocycles. The summed E-state index contributed by atoms with van der Waals surface area (Å²) in [5, 5.41) is 0. The minimum absolute atomic E-state index is 0.00495. The Hall–Kier alpha value is -1.22. The summed E-state index contributed by atoms with van der Waals surface area (Å²) in [5.41, 5.74) is 4.08. The molecule has 0 saturated carbocycles. The Morgan fingerprint density at radius 1 is 1.33 bits per heavy atom. The summed E-state index contributed by atoms with van der Waals surface area (Å²) < 4.78 is 5.46. The van der Waals surface area contributed by atoms with Crippen LogP contribution >= 0.6 is 11.6 Å². The first-order valence-corrected chi connectivity index (χ1v) is 6.44. The van der Waals surface area contributed by atoms with Gasteiger partial charge < -0.3 is 9.64 Å². The van der Waals surface area contributed by atoms with Gasteiger partial charge >= 0.3 is 0 Å². The molecule has 100 valence electrons. The maximum atomic E-state index is 11.9. The Morgan fingerprint density at radius 2 is 1.94 bits per heavy atom. The van der Waals surface area contributed by atoms with Gasteiger partial charge in [-0.1, -0.05) is 6.07 Å². The van der Waals surface area contributed by atoms with Crippen molar-refractivity contribution in [2.45, 2.75) is 27.2 Å². The predicted molar refractivity (Wildman–Crippen MR) is 76.0 cm³/mol. The molecule has 0 aliphatic carbocycles. The van der Waals surface area contributed by atoms with E-state index in [1.54, 1.807) is 19.1 Å². The average Bonchev–Trinajstić information content (AvgIpc) is 2.32. The number of alkyl halides is 1. The molecular weight excluding hydrogens is 250 g/mol. The molecule has 3 nitrogen and oxygen atoms in total. The molecular formula is C14H20ClNO2. The van der Waals surface area contributed by atoms with Gasteiger partial charge in [0.05, 0.1) is 12.8 Å². The number of nitrogens with zero attached hydrogens (tertiary/aromatic N) is 1. The summed E-state index contributed by atoms with van der Waals surface area (Å²) in [6, 6.07) is 2.07. The number of carbonyl (C=O) groups excluding carboxylic acids is 1. The lowest BCUT2D eigenvalue weighted by Crippen LogP contribution is -2.27. The van der Waals surface area contributed by atoms with Crippen LogP contribution in [-0.2, 0) is 4.79 Å². The van der Waals surface area contributed by atoms with Crippen LogP contribution in [0.5, 0.6) is 5.75 Å². The Labute approximate surface area is 114 Å². The zero-order valence-electron chi connectivity index (χ0n) is 11.6. The predicted octanol–water partition coefficient (Wildman–Crippen LogP) is 3.21. The van der Waals surface area contributed by atoms with Crippen LogP contribution in [0.4, 0.5) is 5.69 Å². The van der Waals surface area contributed by atoms with E-state index in [2.05, 4.69) is 6.07 Å². The van der Waals surface area contributed by atoms with E-state index < -0.39 is 0 Å². The summed E-state index contributed by atoms with van der Waals surface area (Å²) in [7, 11) is 3.39. The van der Waals surface area contributed by atoms with Crippen molar-refractivity contribution in [3.63, 3.8) is 0 Å². The molecule has 0 atom stereocenters. The monoisotopic (exact) mass is 269 g/mol. The van der Waals surface area contributed by atoms with E-state index in [1.165, 1.54) is 0 Å². The van der Waals surface area contributed by atoms with Crippen molar-refractivity contribution < 1.29 is 9.53 Å². The summed E-state index contributed by atoms with van der Waals surface area (Å²) in [4.78, 5) is 13.6. The molecule has 18 heavy (non-hydrogen) atoms. The van der Waals surface area contributed by atoms with Crippen LogP contribution in [0.1, 0.15) is 23.1 Å². The first-order valence-electron chi connectivity index (χ1n) is 5.91. The quantitative estimate of drug-likeness (QED) is 0.786. The maximum absolute atomic E-state index is 11.9. The number of hydrogen-bond donors (Lipinski definition) is 0. The molecule has 1 amide bonds. The molecule has 0 spiro atoms. The third-order valence-electron chi connectivity index (χ3n) is 3.18. The Morgan fingerprint density at radius 3 is 2.44 bits per heavy atom. The van der Waals surface area contributed by atoms with Gasteiger partial charge in [-0.05, 0) is 37.5 Å². The summed E-state index contributed by atoms with van der Waals surface area (Å²) in [5.74, 6) is 1.09. The number of halogens is 1. The van der Waals surface area contributed by atoms with Crippen molar-refractivity contribution in [2.75, 3.05) is 24.9 Å². The van der Waals surface area contributed by atoms with Gasteiger partial charge in [-0.3, -0.25) is 4.79 Å². The van der Waals surface area contributed by atoms with Gasteiger partial charge in [0.15, 0.2) is 0 Å². The van der Waals surface area contributed by atoms with E-state index in [9.17, 15) is 4.79 Å². The smallest absolute Gasteiger partial charge is 0.228 e. The molecule has 0 heterocycles. The van der Waals surface area contributed by atoms with Crippen LogP contribution in [0.25, 0.3) is 0 Å². The van der Waals surface area contributed by atoms with Crippen LogP contribution in [0.3, 0.4) is 0 Å². The van der Waals surface area contributed by atoms with Crippen LogP contribution in [0.15, 0.2) is 6.07 Å². The highest BCUT2D eigenvalue weighted by molar-refractivity contribution is 6.19. The average molecular weight is 270 g/mol. The summed E-state index contributed by atoms with van der Waals surface area (Å²) in [6.45, 7) is 6.01. The van der Waals surface area contributed by atoms with Gasteiger partial charge in [0.2, 0.25) is 5.91 Å². The first kappa shape index (κ1) is 14.8. The van der Waals surface area contributed by atoms with E-state index in [0.29, 0.717) is 12.3 Å². The van der Waals surface area contributed by atoms with Gasteiger partial charge in [0, 0.05) is 19.3 Å². The van der Waals surface area contributed by atoms with Crippen molar-refractivity contribution in [1.29, 1.82) is 0 Å². The normalized spacial score (nSPS) is 10.3. The SMILES string of the molecule is COc1c(C)c(C)cc(C)c1N(C)C(=O)CCCl. The van der Waals surface area contributed by atoms with E-state index in [-0.39, 0.29) is 5.91 Å². The lowest BCUT2D eigenvalue weighted by Gasteiger charge is -2.24. The Bertz CT molecular complexity index is 458. The van der Waals surface area contributed by atoms with Crippen molar-refractivity contribution in [3.05, 3.63) is 22.8 Å². The molecule has 0 unspecified atom stereocenters. The first-order chi connectivity index (χ1) is 8.43. The van der Waals surface area contributed by atoms with Gasteiger partial charge in [-0.15, -0.1) is 11.6 Å². The molecule has 1 aromatic carbocycles. The number of methoxy groups -OCH3 is 1. The van der Waals surface area contributed by atoms with Gasteiger partial charge in [-0.2, -0.15) is 0 Å². The van der Waals surface area contributed by atoms with Crippen molar-refractivity contribution in [2.24, 2.45) is 0 Å². The molecule has 0 bridgehead atoms. The molecule has 0 saturated heterocycles. The van der Waals surface area contributed by atoms with E-state index in [0.717, 1.165) is 28.1 Å². The fourth-order valence-electron chi connectivity index (χ4n) is 2.08. The molecule has 0 fully saturated rings. The molecule has 0 radical (unpaired) electrons. The molecule has 0 aliphatic rings. The number of hydrogen-bond acceptors (Lipinski definition) is 2. The van der Waals surface area contributed by atoms with Gasteiger partial charge in [0.1, 0.15) is 5.75 Å². The highest BCUT2D eigenvalue weighted by atomic mass is 35.5. The van der Waals surface area contributed by atoms with Crippen molar-refractivity contribution in [1.82, 2.24) is 0 Å². The zero-order valence-corrected chi connectivity index (χ0v) is 12.4. The standard InChI is InChI=1S/C14H20ClNO2/c1-9-8-10(2)13(14(18-5)11(9)3)16(4)12(17)6-7-15/h8H,6-7H2,1-5H3. The fourth-order valence-corrected chi connectivity index (χ4v) is 2.24. The minimum Gasteiger partial charge on any atom is -0.494 e. The van der Waals surface area contributed by atoms with Crippen molar-refractivity contribution in [3.8, 4) is 5.75 Å². The number of amides is 1. The lowest BCUT2D eigenvalue weighted by molar-refractivity contribution is -0.117. The molecule has 0 aromatic heterocycles. The molecule has 4 heteroatoms. The second-order valence-corrected chi connectivity index (χ2v) is 4.79. The maximum Gasteiger partial charge on any atom is 0.228 e. The van der Waals surface area contributed by atoms with Crippen LogP contribution in [0, 0.1) is 20.8 Å². The van der Waals surface area contributed by atoms with Gasteiger partial charge in [-0.25, -0.2) is 0 Å². The van der Waals surface area contributed by atoms with E-state index in [4.69, 9.17) is 16.3 Å². The third-order valence-corrected chi connectivity index (χ3v) is 3.36. The van der Waals surface area contributed by atoms with Gasteiger partial charge in [0.25, 0.3) is 0 Å². The number of anilines is 1. The van der Waals surface area contributed by atoms with Crippen LogP contribution in [0.2, 0.25) is 0 Å². The summed E-state index contributed by atoms with van der Waals surface area (Å²) in [6.07, 6.45) is 0.327. The molecule has 1 aromatic rings. The highest BCUT2D eigenvalue weighted by Crippen LogP contribution is 2.36.